The monoisotopic (exact) mass is 247 g/mol. The molecule has 1 fully saturated rings. The van der Waals surface area contributed by atoms with Crippen molar-refractivity contribution in [3.63, 3.8) is 0 Å². The van der Waals surface area contributed by atoms with E-state index in [4.69, 9.17) is 0 Å². The van der Waals surface area contributed by atoms with Crippen LogP contribution in [0.1, 0.15) is 57.5 Å². The van der Waals surface area contributed by atoms with Gasteiger partial charge in [-0.2, -0.15) is 0 Å². The van der Waals surface area contributed by atoms with Crippen molar-refractivity contribution < 1.29 is 0 Å². The highest BCUT2D eigenvalue weighted by Crippen LogP contribution is 2.28. The molecule has 2 rings (SSSR count). The number of anilines is 1. The van der Waals surface area contributed by atoms with Gasteiger partial charge in [-0.25, -0.2) is 9.97 Å². The third-order valence-electron chi connectivity index (χ3n) is 3.99. The van der Waals surface area contributed by atoms with Gasteiger partial charge < -0.3 is 5.32 Å². The van der Waals surface area contributed by atoms with Crippen molar-refractivity contribution in [2.24, 2.45) is 5.92 Å². The van der Waals surface area contributed by atoms with Crippen LogP contribution in [0.3, 0.4) is 0 Å². The van der Waals surface area contributed by atoms with E-state index in [0.717, 1.165) is 29.7 Å². The minimum absolute atomic E-state index is 0.604. The number of hydrogen-bond acceptors (Lipinski definition) is 3. The van der Waals surface area contributed by atoms with Gasteiger partial charge in [0.25, 0.3) is 0 Å². The Labute approximate surface area is 110 Å². The van der Waals surface area contributed by atoms with E-state index >= 15 is 0 Å². The highest BCUT2D eigenvalue weighted by atomic mass is 15.0. The van der Waals surface area contributed by atoms with Crippen molar-refractivity contribution in [3.05, 3.63) is 17.6 Å². The van der Waals surface area contributed by atoms with Gasteiger partial charge in [0.2, 0.25) is 0 Å². The van der Waals surface area contributed by atoms with Crippen molar-refractivity contribution in [1.29, 1.82) is 0 Å². The maximum absolute atomic E-state index is 4.56. The molecule has 3 nitrogen and oxygen atoms in total. The van der Waals surface area contributed by atoms with Crippen LogP contribution in [-0.4, -0.2) is 16.0 Å². The lowest BCUT2D eigenvalue weighted by molar-refractivity contribution is 0.330. The van der Waals surface area contributed by atoms with Gasteiger partial charge >= 0.3 is 0 Å². The van der Waals surface area contributed by atoms with Crippen LogP contribution >= 0.6 is 0 Å². The Hall–Kier alpha value is -1.12. The smallest absolute Gasteiger partial charge is 0.130 e. The summed E-state index contributed by atoms with van der Waals surface area (Å²) in [6.07, 6.45) is 7.52. The first-order chi connectivity index (χ1) is 8.71. The van der Waals surface area contributed by atoms with Crippen LogP contribution in [0.25, 0.3) is 0 Å². The second-order valence-corrected chi connectivity index (χ2v) is 5.43. The van der Waals surface area contributed by atoms with Gasteiger partial charge in [-0.15, -0.1) is 0 Å². The molecule has 3 heteroatoms. The molecular formula is C15H25N3. The molecule has 1 aliphatic rings. The first-order valence-electron chi connectivity index (χ1n) is 7.32. The average molecular weight is 247 g/mol. The van der Waals surface area contributed by atoms with Gasteiger partial charge in [-0.3, -0.25) is 0 Å². The quantitative estimate of drug-likeness (QED) is 0.881. The zero-order chi connectivity index (χ0) is 13.0. The molecule has 0 unspecified atom stereocenters. The highest BCUT2D eigenvalue weighted by Gasteiger charge is 2.20. The number of hydrogen-bond donors (Lipinski definition) is 1. The Morgan fingerprint density at radius 3 is 2.50 bits per heavy atom. The van der Waals surface area contributed by atoms with Crippen LogP contribution in [0.15, 0.2) is 6.07 Å². The predicted molar refractivity (Wildman–Crippen MR) is 75.8 cm³/mol. The molecule has 0 aliphatic heterocycles. The van der Waals surface area contributed by atoms with E-state index in [1.54, 1.807) is 0 Å². The molecule has 1 aliphatic carbocycles. The zero-order valence-corrected chi connectivity index (χ0v) is 11.9. The van der Waals surface area contributed by atoms with Crippen LogP contribution in [0.2, 0.25) is 0 Å². The summed E-state index contributed by atoms with van der Waals surface area (Å²) in [6.45, 7) is 6.45. The number of nitrogens with one attached hydrogen (secondary N) is 1. The van der Waals surface area contributed by atoms with Gasteiger partial charge in [0.15, 0.2) is 0 Å². The van der Waals surface area contributed by atoms with Crippen LogP contribution in [0, 0.1) is 12.8 Å². The van der Waals surface area contributed by atoms with Crippen LogP contribution < -0.4 is 5.32 Å². The van der Waals surface area contributed by atoms with Crippen molar-refractivity contribution in [3.8, 4) is 0 Å². The molecule has 0 spiro atoms. The second kappa shape index (κ2) is 6.17. The molecule has 0 bridgehead atoms. The lowest BCUT2D eigenvalue weighted by atomic mass is 9.84. The van der Waals surface area contributed by atoms with Gasteiger partial charge in [0, 0.05) is 24.2 Å². The third kappa shape index (κ3) is 3.44. The number of aryl methyl sites for hydroxylation is 2. The normalized spacial score (nSPS) is 23.9. The maximum Gasteiger partial charge on any atom is 0.130 e. The van der Waals surface area contributed by atoms with E-state index in [0.29, 0.717) is 6.04 Å². The second-order valence-electron chi connectivity index (χ2n) is 5.43. The van der Waals surface area contributed by atoms with Crippen molar-refractivity contribution >= 4 is 5.82 Å². The summed E-state index contributed by atoms with van der Waals surface area (Å²) < 4.78 is 0. The maximum atomic E-state index is 4.56. The third-order valence-corrected chi connectivity index (χ3v) is 3.99. The first kappa shape index (κ1) is 13.3. The van der Waals surface area contributed by atoms with Crippen molar-refractivity contribution in [2.45, 2.75) is 65.3 Å². The van der Waals surface area contributed by atoms with Crippen LogP contribution in [0.4, 0.5) is 5.82 Å². The van der Waals surface area contributed by atoms with Gasteiger partial charge in [0.1, 0.15) is 11.6 Å². The standard InChI is InChI=1S/C15H25N3/c1-4-12-6-8-13(9-7-12)17-15-10-11(3)16-14(5-2)18-15/h10,12-13H,4-9H2,1-3H3,(H,16,17,18). The highest BCUT2D eigenvalue weighted by molar-refractivity contribution is 5.37. The predicted octanol–water partition coefficient (Wildman–Crippen LogP) is 3.73. The molecule has 0 aromatic carbocycles. The summed E-state index contributed by atoms with van der Waals surface area (Å²) in [5.41, 5.74) is 1.06. The Balaban J connectivity index is 1.95. The topological polar surface area (TPSA) is 37.8 Å². The van der Waals surface area contributed by atoms with Crippen molar-refractivity contribution in [2.75, 3.05) is 5.32 Å². The lowest BCUT2D eigenvalue weighted by Crippen LogP contribution is -2.26. The Kier molecular flexibility index (Phi) is 4.56. The lowest BCUT2D eigenvalue weighted by Gasteiger charge is -2.28. The van der Waals surface area contributed by atoms with E-state index < -0.39 is 0 Å². The Bertz CT molecular complexity index is 381. The number of aromatic nitrogens is 2. The summed E-state index contributed by atoms with van der Waals surface area (Å²) in [7, 11) is 0. The molecule has 1 heterocycles. The molecule has 1 saturated carbocycles. The van der Waals surface area contributed by atoms with Gasteiger partial charge in [0.05, 0.1) is 0 Å². The zero-order valence-electron chi connectivity index (χ0n) is 11.9. The summed E-state index contributed by atoms with van der Waals surface area (Å²) in [4.78, 5) is 8.98. The fourth-order valence-corrected chi connectivity index (χ4v) is 2.79. The Morgan fingerprint density at radius 1 is 1.17 bits per heavy atom. The largest absolute Gasteiger partial charge is 0.367 e. The first-order valence-corrected chi connectivity index (χ1v) is 7.32. The van der Waals surface area contributed by atoms with Crippen molar-refractivity contribution in [1.82, 2.24) is 9.97 Å². The fourth-order valence-electron chi connectivity index (χ4n) is 2.79. The minimum atomic E-state index is 0.604. The summed E-state index contributed by atoms with van der Waals surface area (Å²) >= 11 is 0. The number of nitrogens with zero attached hydrogens (tertiary/aromatic N) is 2. The molecule has 100 valence electrons. The Morgan fingerprint density at radius 2 is 1.89 bits per heavy atom. The molecule has 1 N–H and O–H groups in total. The van der Waals surface area contributed by atoms with E-state index in [1.165, 1.54) is 32.1 Å². The van der Waals surface area contributed by atoms with E-state index in [1.807, 2.05) is 6.92 Å². The fraction of sp³-hybridized carbons (Fsp3) is 0.733. The molecule has 0 saturated heterocycles. The van der Waals surface area contributed by atoms with Crippen LogP contribution in [0.5, 0.6) is 0 Å². The van der Waals surface area contributed by atoms with E-state index in [2.05, 4.69) is 35.2 Å². The SMILES string of the molecule is CCc1nc(C)cc(NC2CCC(CC)CC2)n1. The molecule has 0 atom stereocenters. The van der Waals surface area contributed by atoms with E-state index in [-0.39, 0.29) is 0 Å². The molecular weight excluding hydrogens is 222 g/mol. The summed E-state index contributed by atoms with van der Waals surface area (Å²) in [5, 5.41) is 3.59. The molecule has 18 heavy (non-hydrogen) atoms. The molecule has 1 aromatic rings. The molecule has 1 aromatic heterocycles. The van der Waals surface area contributed by atoms with E-state index in [9.17, 15) is 0 Å². The molecule has 0 amide bonds. The van der Waals surface area contributed by atoms with Gasteiger partial charge in [-0.1, -0.05) is 20.3 Å². The summed E-state index contributed by atoms with van der Waals surface area (Å²) in [5.74, 6) is 2.90. The van der Waals surface area contributed by atoms with Crippen LogP contribution in [-0.2, 0) is 6.42 Å². The molecule has 0 radical (unpaired) electrons. The van der Waals surface area contributed by atoms with Gasteiger partial charge in [-0.05, 0) is 38.5 Å². The minimum Gasteiger partial charge on any atom is -0.367 e. The summed E-state index contributed by atoms with van der Waals surface area (Å²) in [6, 6.07) is 2.66. The number of rotatable bonds is 4. The average Bonchev–Trinajstić information content (AvgIpc) is 2.39.